The van der Waals surface area contributed by atoms with Gasteiger partial charge in [0.25, 0.3) is 0 Å². The second-order valence-corrected chi connectivity index (χ2v) is 10.2. The van der Waals surface area contributed by atoms with Crippen molar-refractivity contribution in [2.24, 2.45) is 5.92 Å². The summed E-state index contributed by atoms with van der Waals surface area (Å²) in [6.45, 7) is 4.19. The van der Waals surface area contributed by atoms with Crippen LogP contribution in [0.15, 0.2) is 41.8 Å². The van der Waals surface area contributed by atoms with Gasteiger partial charge in [-0.25, -0.2) is 0 Å². The second-order valence-electron chi connectivity index (χ2n) is 8.15. The minimum Gasteiger partial charge on any atom is -0.303 e. The van der Waals surface area contributed by atoms with Gasteiger partial charge in [0.05, 0.1) is 12.0 Å². The van der Waals surface area contributed by atoms with Gasteiger partial charge in [0.2, 0.25) is 16.9 Å². The van der Waals surface area contributed by atoms with E-state index < -0.39 is 0 Å². The van der Waals surface area contributed by atoms with E-state index in [9.17, 15) is 9.59 Å². The summed E-state index contributed by atoms with van der Waals surface area (Å²) in [6.07, 6.45) is 5.14. The molecule has 168 valence electrons. The highest BCUT2D eigenvalue weighted by Crippen LogP contribution is 2.42. The van der Waals surface area contributed by atoms with E-state index in [4.69, 9.17) is 0 Å². The lowest BCUT2D eigenvalue weighted by atomic mass is 9.86. The zero-order valence-corrected chi connectivity index (χ0v) is 20.0. The van der Waals surface area contributed by atoms with E-state index in [1.54, 1.807) is 16.2 Å². The Kier molecular flexibility index (Phi) is 7.32. The number of amides is 2. The molecule has 2 amide bonds. The number of hydrogen-bond acceptors (Lipinski definition) is 6. The minimum absolute atomic E-state index is 0.0467. The van der Waals surface area contributed by atoms with Crippen LogP contribution in [-0.2, 0) is 16.0 Å². The van der Waals surface area contributed by atoms with Crippen LogP contribution in [0, 0.1) is 12.8 Å². The molecule has 1 fully saturated rings. The number of benzene rings is 1. The van der Waals surface area contributed by atoms with Crippen molar-refractivity contribution in [1.82, 2.24) is 10.2 Å². The highest BCUT2D eigenvalue weighted by molar-refractivity contribution is 7.15. The summed E-state index contributed by atoms with van der Waals surface area (Å²) in [5, 5.41) is 14.9. The number of aromatic nitrogens is 2. The van der Waals surface area contributed by atoms with E-state index in [-0.39, 0.29) is 23.8 Å². The molecule has 2 aromatic heterocycles. The Bertz CT molecular complexity index is 1050. The number of carbonyl (C=O) groups is 2. The van der Waals surface area contributed by atoms with Crippen molar-refractivity contribution in [1.29, 1.82) is 0 Å². The number of hydrogen-bond donors (Lipinski definition) is 1. The molecule has 1 aromatic carbocycles. The van der Waals surface area contributed by atoms with Crippen LogP contribution < -0.4 is 10.2 Å². The Labute approximate surface area is 196 Å². The van der Waals surface area contributed by atoms with E-state index in [2.05, 4.69) is 22.4 Å². The number of carbonyl (C=O) groups excluding carboxylic acids is 2. The summed E-state index contributed by atoms with van der Waals surface area (Å²) >= 11 is 3.02. The van der Waals surface area contributed by atoms with Gasteiger partial charge in [0.1, 0.15) is 5.01 Å². The van der Waals surface area contributed by atoms with Crippen LogP contribution in [0.3, 0.4) is 0 Å². The first-order chi connectivity index (χ1) is 15.6. The summed E-state index contributed by atoms with van der Waals surface area (Å²) in [5.41, 5.74) is 1.96. The lowest BCUT2D eigenvalue weighted by Crippen LogP contribution is -2.46. The molecule has 0 aliphatic carbocycles. The highest BCUT2D eigenvalue weighted by Gasteiger charge is 2.42. The molecular weight excluding hydrogens is 440 g/mol. The van der Waals surface area contributed by atoms with Crippen LogP contribution >= 0.6 is 22.7 Å². The average Bonchev–Trinajstić information content (AvgIpc) is 3.47. The predicted octanol–water partition coefficient (Wildman–Crippen LogP) is 5.76. The maximum absolute atomic E-state index is 13.4. The van der Waals surface area contributed by atoms with Crippen molar-refractivity contribution in [3.63, 3.8) is 0 Å². The smallest absolute Gasteiger partial charge is 0.231 e. The molecule has 8 heteroatoms. The van der Waals surface area contributed by atoms with E-state index in [0.29, 0.717) is 18.0 Å². The van der Waals surface area contributed by atoms with Gasteiger partial charge in [-0.15, -0.1) is 21.5 Å². The Morgan fingerprint density at radius 2 is 2.00 bits per heavy atom. The molecule has 0 radical (unpaired) electrons. The monoisotopic (exact) mass is 468 g/mol. The Morgan fingerprint density at radius 1 is 1.19 bits per heavy atom. The Morgan fingerprint density at radius 3 is 2.72 bits per heavy atom. The van der Waals surface area contributed by atoms with Gasteiger partial charge in [-0.2, -0.15) is 0 Å². The first-order valence-electron chi connectivity index (χ1n) is 11.1. The minimum atomic E-state index is -0.361. The molecule has 2 atom stereocenters. The van der Waals surface area contributed by atoms with Crippen LogP contribution in [0.4, 0.5) is 10.8 Å². The number of aryl methyl sites for hydroxylation is 2. The lowest BCUT2D eigenvalue weighted by Gasteiger charge is -2.40. The number of anilines is 2. The summed E-state index contributed by atoms with van der Waals surface area (Å²) in [6, 6.07) is 11.6. The van der Waals surface area contributed by atoms with Gasteiger partial charge >= 0.3 is 0 Å². The second kappa shape index (κ2) is 10.4. The van der Waals surface area contributed by atoms with Crippen LogP contribution in [-0.4, -0.2) is 22.0 Å². The van der Waals surface area contributed by atoms with Crippen molar-refractivity contribution < 1.29 is 9.59 Å². The molecule has 1 aliphatic heterocycles. The molecule has 6 nitrogen and oxygen atoms in total. The maximum Gasteiger partial charge on any atom is 0.231 e. The average molecular weight is 469 g/mol. The van der Waals surface area contributed by atoms with Crippen molar-refractivity contribution in [3.05, 3.63) is 57.2 Å². The fourth-order valence-electron chi connectivity index (χ4n) is 4.09. The van der Waals surface area contributed by atoms with Crippen LogP contribution in [0.25, 0.3) is 0 Å². The first-order valence-corrected chi connectivity index (χ1v) is 12.8. The third-order valence-electron chi connectivity index (χ3n) is 5.77. The molecule has 0 bridgehead atoms. The summed E-state index contributed by atoms with van der Waals surface area (Å²) in [5.74, 6) is -0.421. The lowest BCUT2D eigenvalue weighted by molar-refractivity contribution is -0.125. The number of rotatable bonds is 8. The molecule has 32 heavy (non-hydrogen) atoms. The highest BCUT2D eigenvalue weighted by atomic mass is 32.1. The van der Waals surface area contributed by atoms with Crippen molar-refractivity contribution in [2.45, 2.75) is 58.4 Å². The van der Waals surface area contributed by atoms with Crippen molar-refractivity contribution in [3.8, 4) is 0 Å². The molecule has 0 spiro atoms. The van der Waals surface area contributed by atoms with Gasteiger partial charge < -0.3 is 10.2 Å². The zero-order chi connectivity index (χ0) is 22.5. The predicted molar refractivity (Wildman–Crippen MR) is 130 cm³/mol. The Hall–Kier alpha value is -2.58. The molecule has 1 saturated heterocycles. The van der Waals surface area contributed by atoms with Gasteiger partial charge in [0.15, 0.2) is 0 Å². The number of unbranched alkanes of at least 4 members (excludes halogenated alkanes) is 2. The number of nitrogens with zero attached hydrogens (tertiary/aromatic N) is 3. The van der Waals surface area contributed by atoms with E-state index in [1.807, 2.05) is 48.7 Å². The van der Waals surface area contributed by atoms with Crippen molar-refractivity contribution >= 4 is 45.3 Å². The molecule has 0 unspecified atom stereocenters. The van der Waals surface area contributed by atoms with E-state index in [1.165, 1.54) is 11.3 Å². The van der Waals surface area contributed by atoms with Gasteiger partial charge in [-0.3, -0.25) is 9.59 Å². The van der Waals surface area contributed by atoms with Gasteiger partial charge in [-0.05, 0) is 43.3 Å². The first kappa shape index (κ1) is 22.6. The molecule has 0 saturated carbocycles. The molecule has 3 aromatic rings. The zero-order valence-electron chi connectivity index (χ0n) is 18.4. The summed E-state index contributed by atoms with van der Waals surface area (Å²) in [4.78, 5) is 29.2. The largest absolute Gasteiger partial charge is 0.303 e. The maximum atomic E-state index is 13.4. The van der Waals surface area contributed by atoms with Crippen LogP contribution in [0.2, 0.25) is 0 Å². The van der Waals surface area contributed by atoms with E-state index in [0.717, 1.165) is 46.8 Å². The normalized spacial score (nSPS) is 18.7. The van der Waals surface area contributed by atoms with Crippen LogP contribution in [0.1, 0.15) is 60.5 Å². The third-order valence-corrected chi connectivity index (χ3v) is 7.61. The number of nitrogens with one attached hydrogen (secondary N) is 1. The fourth-order valence-corrected chi connectivity index (χ4v) is 5.76. The summed E-state index contributed by atoms with van der Waals surface area (Å²) in [7, 11) is 0. The standard InChI is InChI=1S/C24H28N4O2S2/c1-3-4-5-8-20-26-27-24(32-20)25-23(30)18-13-14-21(29)28(17-11-9-16(2)10-12-17)22(18)19-7-6-15-31-19/h6-7,9-12,15,18,22H,3-5,8,13-14H2,1-2H3,(H,25,27,30)/t18-,22+/m0/s1. The molecule has 1 aliphatic rings. The quantitative estimate of drug-likeness (QED) is 0.426. The van der Waals surface area contributed by atoms with Gasteiger partial charge in [0, 0.05) is 23.4 Å². The number of thiophene rings is 1. The molecule has 1 N–H and O–H groups in total. The van der Waals surface area contributed by atoms with E-state index >= 15 is 0 Å². The molecule has 3 heterocycles. The van der Waals surface area contributed by atoms with Crippen molar-refractivity contribution in [2.75, 3.05) is 10.2 Å². The Balaban J connectivity index is 1.57. The van der Waals surface area contributed by atoms with Gasteiger partial charge in [-0.1, -0.05) is 54.9 Å². The topological polar surface area (TPSA) is 75.2 Å². The SMILES string of the molecule is CCCCCc1nnc(NC(=O)[C@H]2CCC(=O)N(c3ccc(C)cc3)[C@H]2c2cccs2)s1. The molecule has 4 rings (SSSR count). The third kappa shape index (κ3) is 5.07. The molecular formula is C24H28N4O2S2. The number of piperidine rings is 1. The van der Waals surface area contributed by atoms with Crippen LogP contribution in [0.5, 0.6) is 0 Å². The fraction of sp³-hybridized carbons (Fsp3) is 0.417. The summed E-state index contributed by atoms with van der Waals surface area (Å²) < 4.78 is 0.